The van der Waals surface area contributed by atoms with Crippen molar-refractivity contribution in [1.82, 2.24) is 4.72 Å². The molecular weight excluding hydrogens is 176 g/mol. The van der Waals surface area contributed by atoms with Crippen molar-refractivity contribution >= 4 is 17.6 Å². The Morgan fingerprint density at radius 3 is 2.92 bits per heavy atom. The molecule has 0 aliphatic heterocycles. The van der Waals surface area contributed by atoms with E-state index in [9.17, 15) is 10.1 Å². The molecule has 1 N–H and O–H groups in total. The van der Waals surface area contributed by atoms with E-state index in [1.807, 2.05) is 6.07 Å². The van der Waals surface area contributed by atoms with E-state index < -0.39 is 4.92 Å². The van der Waals surface area contributed by atoms with Crippen LogP contribution in [0.2, 0.25) is 0 Å². The van der Waals surface area contributed by atoms with Crippen LogP contribution in [0.5, 0.6) is 0 Å². The van der Waals surface area contributed by atoms with Crippen LogP contribution in [0.4, 0.5) is 5.69 Å². The first-order chi connectivity index (χ1) is 5.74. The van der Waals surface area contributed by atoms with Gasteiger partial charge < -0.3 is 0 Å². The number of nitro groups is 1. The first-order valence-electron chi connectivity index (χ1n) is 3.32. The molecule has 0 atom stereocenters. The molecule has 0 bridgehead atoms. The molecule has 0 aliphatic carbocycles. The van der Waals surface area contributed by atoms with E-state index in [4.69, 9.17) is 0 Å². The van der Waals surface area contributed by atoms with Crippen LogP contribution in [0.3, 0.4) is 0 Å². The number of nitro benzene ring substituents is 1. The Balaban J connectivity index is 2.88. The summed E-state index contributed by atoms with van der Waals surface area (Å²) in [4.78, 5) is 10.8. The zero-order valence-corrected chi connectivity index (χ0v) is 7.30. The molecule has 0 spiro atoms. The number of hydrogen-bond acceptors (Lipinski definition) is 4. The fourth-order valence-corrected chi connectivity index (χ4v) is 1.34. The van der Waals surface area contributed by atoms with Crippen LogP contribution < -0.4 is 4.72 Å². The minimum absolute atomic E-state index is 0.121. The predicted molar refractivity (Wildman–Crippen MR) is 48.0 cm³/mol. The van der Waals surface area contributed by atoms with E-state index in [0.29, 0.717) is 0 Å². The molecule has 0 heterocycles. The van der Waals surface area contributed by atoms with Gasteiger partial charge in [-0.25, -0.2) is 0 Å². The molecule has 0 radical (unpaired) electrons. The molecule has 1 aromatic carbocycles. The minimum atomic E-state index is -0.403. The lowest BCUT2D eigenvalue weighted by Gasteiger charge is -1.97. The van der Waals surface area contributed by atoms with Crippen LogP contribution in [0.1, 0.15) is 0 Å². The molecule has 64 valence electrons. The van der Waals surface area contributed by atoms with Gasteiger partial charge in [0.25, 0.3) is 5.69 Å². The molecule has 0 aromatic heterocycles. The molecule has 0 saturated heterocycles. The summed E-state index contributed by atoms with van der Waals surface area (Å²) in [5.74, 6) is 0. The van der Waals surface area contributed by atoms with E-state index in [1.54, 1.807) is 13.1 Å². The van der Waals surface area contributed by atoms with Crippen LogP contribution in [-0.2, 0) is 0 Å². The van der Waals surface area contributed by atoms with Crippen molar-refractivity contribution in [3.63, 3.8) is 0 Å². The van der Waals surface area contributed by atoms with Crippen molar-refractivity contribution in [3.8, 4) is 0 Å². The van der Waals surface area contributed by atoms with Crippen LogP contribution >= 0.6 is 11.9 Å². The highest BCUT2D eigenvalue weighted by atomic mass is 32.2. The molecule has 12 heavy (non-hydrogen) atoms. The largest absolute Gasteiger partial charge is 0.270 e. The van der Waals surface area contributed by atoms with Crippen LogP contribution in [0.15, 0.2) is 29.2 Å². The highest BCUT2D eigenvalue weighted by Gasteiger charge is 2.04. The highest BCUT2D eigenvalue weighted by molar-refractivity contribution is 7.97. The lowest BCUT2D eigenvalue weighted by Crippen LogP contribution is -1.92. The number of rotatable bonds is 3. The maximum absolute atomic E-state index is 10.3. The average Bonchev–Trinajstić information content (AvgIpc) is 2.05. The second kappa shape index (κ2) is 4.08. The van der Waals surface area contributed by atoms with Gasteiger partial charge in [-0.3, -0.25) is 14.8 Å². The van der Waals surface area contributed by atoms with Crippen molar-refractivity contribution in [3.05, 3.63) is 34.4 Å². The van der Waals surface area contributed by atoms with E-state index in [2.05, 4.69) is 4.72 Å². The van der Waals surface area contributed by atoms with Crippen LogP contribution in [0.25, 0.3) is 0 Å². The zero-order valence-electron chi connectivity index (χ0n) is 6.48. The van der Waals surface area contributed by atoms with Gasteiger partial charge in [-0.05, 0) is 25.1 Å². The first-order valence-corrected chi connectivity index (χ1v) is 4.13. The second-order valence-electron chi connectivity index (χ2n) is 2.06. The maximum atomic E-state index is 10.3. The fourth-order valence-electron chi connectivity index (χ4n) is 0.778. The van der Waals surface area contributed by atoms with Crippen molar-refractivity contribution in [2.24, 2.45) is 0 Å². The molecule has 0 aliphatic rings. The summed E-state index contributed by atoms with van der Waals surface area (Å²) in [6.07, 6.45) is 0. The van der Waals surface area contributed by atoms with Gasteiger partial charge >= 0.3 is 0 Å². The molecule has 1 aromatic rings. The van der Waals surface area contributed by atoms with Crippen LogP contribution in [-0.4, -0.2) is 12.0 Å². The quantitative estimate of drug-likeness (QED) is 0.442. The van der Waals surface area contributed by atoms with Crippen molar-refractivity contribution in [1.29, 1.82) is 0 Å². The van der Waals surface area contributed by atoms with E-state index in [0.717, 1.165) is 4.90 Å². The number of nitrogens with one attached hydrogen (secondary N) is 1. The van der Waals surface area contributed by atoms with Gasteiger partial charge in [0.2, 0.25) is 0 Å². The van der Waals surface area contributed by atoms with Gasteiger partial charge in [-0.1, -0.05) is 6.07 Å². The normalized spacial score (nSPS) is 9.75. The maximum Gasteiger partial charge on any atom is 0.270 e. The minimum Gasteiger partial charge on any atom is -0.263 e. The molecule has 0 saturated carbocycles. The molecule has 0 amide bonds. The summed E-state index contributed by atoms with van der Waals surface area (Å²) in [6, 6.07) is 6.48. The summed E-state index contributed by atoms with van der Waals surface area (Å²) in [7, 11) is 1.77. The Kier molecular flexibility index (Phi) is 3.07. The van der Waals surface area contributed by atoms with Gasteiger partial charge in [-0.15, -0.1) is 0 Å². The van der Waals surface area contributed by atoms with Crippen LogP contribution in [0, 0.1) is 10.1 Å². The molecule has 0 fully saturated rings. The zero-order chi connectivity index (χ0) is 8.97. The van der Waals surface area contributed by atoms with Gasteiger partial charge in [-0.2, -0.15) is 0 Å². The third kappa shape index (κ3) is 2.21. The SMILES string of the molecule is CNSc1cccc([N+](=O)[O-])c1. The van der Waals surface area contributed by atoms with E-state index >= 15 is 0 Å². The Morgan fingerprint density at radius 1 is 1.58 bits per heavy atom. The molecule has 4 nitrogen and oxygen atoms in total. The van der Waals surface area contributed by atoms with Gasteiger partial charge in [0, 0.05) is 17.0 Å². The monoisotopic (exact) mass is 184 g/mol. The summed E-state index contributed by atoms with van der Waals surface area (Å²) in [5, 5.41) is 10.3. The molecule has 5 heteroatoms. The van der Waals surface area contributed by atoms with Crippen molar-refractivity contribution in [2.75, 3.05) is 7.05 Å². The molecular formula is C7H8N2O2S. The summed E-state index contributed by atoms with van der Waals surface area (Å²) in [6.45, 7) is 0. The number of hydrogen-bond donors (Lipinski definition) is 1. The first kappa shape index (κ1) is 9.02. The number of nitrogens with zero attached hydrogens (tertiary/aromatic N) is 1. The topological polar surface area (TPSA) is 55.2 Å². The standard InChI is InChI=1S/C7H8N2O2S/c1-8-12-7-4-2-3-6(5-7)9(10)11/h2-5,8H,1H3. The third-order valence-electron chi connectivity index (χ3n) is 1.25. The Labute approximate surface area is 74.3 Å². The smallest absolute Gasteiger partial charge is 0.263 e. The third-order valence-corrected chi connectivity index (χ3v) is 1.94. The Bertz CT molecular complexity index is 290. The lowest BCUT2D eigenvalue weighted by molar-refractivity contribution is -0.385. The Hall–Kier alpha value is -1.07. The lowest BCUT2D eigenvalue weighted by atomic mass is 10.3. The summed E-state index contributed by atoms with van der Waals surface area (Å²) >= 11 is 1.35. The van der Waals surface area contributed by atoms with Crippen molar-refractivity contribution < 1.29 is 4.92 Å². The second-order valence-corrected chi connectivity index (χ2v) is 3.14. The predicted octanol–water partition coefficient (Wildman–Crippen LogP) is 1.82. The van der Waals surface area contributed by atoms with Gasteiger partial charge in [0.15, 0.2) is 0 Å². The van der Waals surface area contributed by atoms with E-state index in [1.165, 1.54) is 24.1 Å². The summed E-state index contributed by atoms with van der Waals surface area (Å²) in [5.41, 5.74) is 0.121. The fraction of sp³-hybridized carbons (Fsp3) is 0.143. The number of benzene rings is 1. The Morgan fingerprint density at radius 2 is 2.33 bits per heavy atom. The summed E-state index contributed by atoms with van der Waals surface area (Å²) < 4.78 is 2.84. The highest BCUT2D eigenvalue weighted by Crippen LogP contribution is 2.19. The van der Waals surface area contributed by atoms with Crippen molar-refractivity contribution in [2.45, 2.75) is 4.90 Å². The van der Waals surface area contributed by atoms with Gasteiger partial charge in [0.1, 0.15) is 0 Å². The van der Waals surface area contributed by atoms with E-state index in [-0.39, 0.29) is 5.69 Å². The molecule has 0 unspecified atom stereocenters. The number of non-ortho nitro benzene ring substituents is 1. The average molecular weight is 184 g/mol. The van der Waals surface area contributed by atoms with Gasteiger partial charge in [0.05, 0.1) is 4.92 Å². The molecule has 1 rings (SSSR count).